The minimum absolute atomic E-state index is 0.107. The molecular weight excluding hydrogens is 175 g/mol. The number of hydrogen-bond acceptors (Lipinski definition) is 3. The number of carbonyl (C=O) groups is 1. The highest BCUT2D eigenvalue weighted by Crippen LogP contribution is 2.00. The number of nitrogens with two attached hydrogens (primary N) is 1. The number of pyridine rings is 1. The van der Waals surface area contributed by atoms with Crippen molar-refractivity contribution in [3.05, 3.63) is 29.8 Å². The van der Waals surface area contributed by atoms with Gasteiger partial charge in [0.15, 0.2) is 0 Å². The lowest BCUT2D eigenvalue weighted by molar-refractivity contribution is -0.138. The van der Waals surface area contributed by atoms with Crippen molar-refractivity contribution in [2.45, 2.75) is 12.5 Å². The van der Waals surface area contributed by atoms with Gasteiger partial charge in [0.05, 0.1) is 6.20 Å². The van der Waals surface area contributed by atoms with Crippen molar-refractivity contribution < 1.29 is 14.3 Å². The lowest BCUT2D eigenvalue weighted by Crippen LogP contribution is -2.32. The Bertz CT molecular complexity index is 300. The number of carboxylic acids is 1. The number of halogens is 1. The van der Waals surface area contributed by atoms with E-state index < -0.39 is 17.8 Å². The molecule has 0 fully saturated rings. The fourth-order valence-electron chi connectivity index (χ4n) is 0.840. The molecule has 0 bridgehead atoms. The first-order valence-corrected chi connectivity index (χ1v) is 3.68. The summed E-state index contributed by atoms with van der Waals surface area (Å²) >= 11 is 0. The van der Waals surface area contributed by atoms with Gasteiger partial charge in [-0.05, 0) is 12.1 Å². The Kier molecular flexibility index (Phi) is 2.92. The molecule has 1 heterocycles. The Morgan fingerprint density at radius 3 is 2.85 bits per heavy atom. The van der Waals surface area contributed by atoms with E-state index in [2.05, 4.69) is 4.98 Å². The van der Waals surface area contributed by atoms with Gasteiger partial charge in [0, 0.05) is 12.1 Å². The lowest BCUT2D eigenvalue weighted by atomic mass is 10.1. The second kappa shape index (κ2) is 3.95. The van der Waals surface area contributed by atoms with Gasteiger partial charge in [-0.25, -0.2) is 4.39 Å². The highest BCUT2D eigenvalue weighted by Gasteiger charge is 2.12. The number of aliphatic carboxylic acids is 1. The third kappa shape index (κ3) is 2.79. The van der Waals surface area contributed by atoms with E-state index in [4.69, 9.17) is 10.8 Å². The van der Waals surface area contributed by atoms with Gasteiger partial charge in [-0.3, -0.25) is 9.78 Å². The van der Waals surface area contributed by atoms with Crippen molar-refractivity contribution in [1.29, 1.82) is 0 Å². The maximum absolute atomic E-state index is 12.4. The molecule has 1 aromatic heterocycles. The van der Waals surface area contributed by atoms with E-state index >= 15 is 0 Å². The number of rotatable bonds is 3. The van der Waals surface area contributed by atoms with Crippen LogP contribution >= 0.6 is 0 Å². The zero-order valence-corrected chi connectivity index (χ0v) is 6.77. The van der Waals surface area contributed by atoms with Gasteiger partial charge in [0.2, 0.25) is 0 Å². The van der Waals surface area contributed by atoms with Gasteiger partial charge >= 0.3 is 5.97 Å². The Morgan fingerprint density at radius 2 is 2.38 bits per heavy atom. The first kappa shape index (κ1) is 9.60. The third-order valence-electron chi connectivity index (χ3n) is 1.53. The van der Waals surface area contributed by atoms with E-state index in [1.165, 1.54) is 12.1 Å². The summed E-state index contributed by atoms with van der Waals surface area (Å²) in [7, 11) is 0. The zero-order valence-electron chi connectivity index (χ0n) is 6.77. The van der Waals surface area contributed by atoms with Crippen LogP contribution in [0.25, 0.3) is 0 Å². The van der Waals surface area contributed by atoms with Gasteiger partial charge in [-0.2, -0.15) is 0 Å². The highest BCUT2D eigenvalue weighted by molar-refractivity contribution is 5.73. The molecule has 5 heteroatoms. The predicted molar refractivity (Wildman–Crippen MR) is 43.5 cm³/mol. The molecule has 70 valence electrons. The first-order valence-electron chi connectivity index (χ1n) is 3.68. The third-order valence-corrected chi connectivity index (χ3v) is 1.53. The summed E-state index contributed by atoms with van der Waals surface area (Å²) in [6, 6.07) is 1.65. The summed E-state index contributed by atoms with van der Waals surface area (Å²) in [6.07, 6.45) is 1.14. The molecule has 0 aromatic carbocycles. The standard InChI is InChI=1S/C8H9FN2O2/c9-5-1-2-6(11-4-5)3-7(10)8(12)13/h1-2,4,7H,3,10H2,(H,12,13)/t7-/m1/s1. The second-order valence-electron chi connectivity index (χ2n) is 2.62. The summed E-state index contributed by atoms with van der Waals surface area (Å²) in [6.45, 7) is 0. The summed E-state index contributed by atoms with van der Waals surface area (Å²) in [5, 5.41) is 8.47. The maximum Gasteiger partial charge on any atom is 0.320 e. The normalized spacial score (nSPS) is 12.5. The van der Waals surface area contributed by atoms with Crippen LogP contribution < -0.4 is 5.73 Å². The van der Waals surface area contributed by atoms with Crippen LogP contribution in [0.3, 0.4) is 0 Å². The molecule has 0 spiro atoms. The van der Waals surface area contributed by atoms with Crippen LogP contribution in [-0.2, 0) is 11.2 Å². The first-order chi connectivity index (χ1) is 6.09. The largest absolute Gasteiger partial charge is 0.480 e. The molecule has 4 nitrogen and oxygen atoms in total. The summed E-state index contributed by atoms with van der Waals surface area (Å²) in [5.41, 5.74) is 5.72. The molecule has 0 saturated carbocycles. The predicted octanol–water partition coefficient (Wildman–Crippen LogP) is 0.175. The molecular formula is C8H9FN2O2. The average Bonchev–Trinajstić information content (AvgIpc) is 2.08. The number of hydrogen-bond donors (Lipinski definition) is 2. The van der Waals surface area contributed by atoms with Crippen LogP contribution in [0.15, 0.2) is 18.3 Å². The number of aromatic nitrogens is 1. The fraction of sp³-hybridized carbons (Fsp3) is 0.250. The van der Waals surface area contributed by atoms with Gasteiger partial charge < -0.3 is 10.8 Å². The molecule has 3 N–H and O–H groups in total. The molecule has 1 rings (SSSR count). The Balaban J connectivity index is 2.64. The molecule has 1 atom stereocenters. The summed E-state index contributed by atoms with van der Waals surface area (Å²) in [5.74, 6) is -1.54. The smallest absolute Gasteiger partial charge is 0.320 e. The number of nitrogens with zero attached hydrogens (tertiary/aromatic N) is 1. The highest BCUT2D eigenvalue weighted by atomic mass is 19.1. The molecule has 0 aliphatic rings. The molecule has 0 saturated heterocycles. The molecule has 0 aliphatic heterocycles. The number of carboxylic acid groups (broad SMARTS) is 1. The Morgan fingerprint density at radius 1 is 1.69 bits per heavy atom. The van der Waals surface area contributed by atoms with E-state index in [1.807, 2.05) is 0 Å². The maximum atomic E-state index is 12.4. The van der Waals surface area contributed by atoms with Crippen LogP contribution in [0.4, 0.5) is 4.39 Å². The summed E-state index contributed by atoms with van der Waals surface area (Å²) in [4.78, 5) is 14.0. The summed E-state index contributed by atoms with van der Waals surface area (Å²) < 4.78 is 12.4. The van der Waals surface area contributed by atoms with Crippen LogP contribution in [0.5, 0.6) is 0 Å². The Labute approximate surface area is 74.2 Å². The van der Waals surface area contributed by atoms with Crippen molar-refractivity contribution >= 4 is 5.97 Å². The second-order valence-corrected chi connectivity index (χ2v) is 2.62. The molecule has 13 heavy (non-hydrogen) atoms. The van der Waals surface area contributed by atoms with E-state index in [-0.39, 0.29) is 6.42 Å². The van der Waals surface area contributed by atoms with E-state index in [0.717, 1.165) is 6.20 Å². The fourth-order valence-corrected chi connectivity index (χ4v) is 0.840. The van der Waals surface area contributed by atoms with Crippen LogP contribution in [0.1, 0.15) is 5.69 Å². The van der Waals surface area contributed by atoms with E-state index in [9.17, 15) is 9.18 Å². The molecule has 1 aromatic rings. The van der Waals surface area contributed by atoms with Gasteiger partial charge in [0.1, 0.15) is 11.9 Å². The van der Waals surface area contributed by atoms with Crippen molar-refractivity contribution in [2.75, 3.05) is 0 Å². The van der Waals surface area contributed by atoms with Gasteiger partial charge in [0.25, 0.3) is 0 Å². The van der Waals surface area contributed by atoms with Crippen molar-refractivity contribution in [3.63, 3.8) is 0 Å². The average molecular weight is 184 g/mol. The SMILES string of the molecule is N[C@H](Cc1ccc(F)cn1)C(=O)O. The Hall–Kier alpha value is -1.49. The van der Waals surface area contributed by atoms with Gasteiger partial charge in [-0.15, -0.1) is 0 Å². The van der Waals surface area contributed by atoms with Crippen LogP contribution in [0, 0.1) is 5.82 Å². The molecule has 0 radical (unpaired) electrons. The van der Waals surface area contributed by atoms with E-state index in [0.29, 0.717) is 5.69 Å². The van der Waals surface area contributed by atoms with Crippen molar-refractivity contribution in [2.24, 2.45) is 5.73 Å². The minimum atomic E-state index is -1.09. The molecule has 0 aliphatic carbocycles. The van der Waals surface area contributed by atoms with E-state index in [1.54, 1.807) is 0 Å². The lowest BCUT2D eigenvalue weighted by Gasteiger charge is -2.04. The monoisotopic (exact) mass is 184 g/mol. The minimum Gasteiger partial charge on any atom is -0.480 e. The molecule has 0 amide bonds. The zero-order chi connectivity index (χ0) is 9.84. The van der Waals surface area contributed by atoms with Crippen LogP contribution in [-0.4, -0.2) is 22.1 Å². The molecule has 0 unspecified atom stereocenters. The topological polar surface area (TPSA) is 76.2 Å². The van der Waals surface area contributed by atoms with Crippen LogP contribution in [0.2, 0.25) is 0 Å². The van der Waals surface area contributed by atoms with Crippen molar-refractivity contribution in [3.8, 4) is 0 Å². The van der Waals surface area contributed by atoms with Gasteiger partial charge in [-0.1, -0.05) is 0 Å². The quantitative estimate of drug-likeness (QED) is 0.702. The van der Waals surface area contributed by atoms with Crippen molar-refractivity contribution in [1.82, 2.24) is 4.98 Å².